The number of piperidine rings is 1. The van der Waals surface area contributed by atoms with Crippen LogP contribution in [0, 0.1) is 0 Å². The van der Waals surface area contributed by atoms with Gasteiger partial charge in [0.05, 0.1) is 10.0 Å². The topological polar surface area (TPSA) is 65.5 Å². The van der Waals surface area contributed by atoms with Crippen molar-refractivity contribution in [1.29, 1.82) is 0 Å². The Bertz CT molecular complexity index is 779. The minimum absolute atomic E-state index is 0.0228. The highest BCUT2D eigenvalue weighted by molar-refractivity contribution is 9.10. The predicted molar refractivity (Wildman–Crippen MR) is 98.9 cm³/mol. The maximum atomic E-state index is 10.7. The van der Waals surface area contributed by atoms with Crippen LogP contribution in [0.1, 0.15) is 18.4 Å². The molecule has 2 aromatic rings. The number of halogens is 3. The number of aromatic nitrogens is 1. The molecule has 0 aliphatic carbocycles. The van der Waals surface area contributed by atoms with Gasteiger partial charge in [0.25, 0.3) is 0 Å². The quantitative estimate of drug-likeness (QED) is 0.747. The molecule has 128 valence electrons. The third-order valence-corrected chi connectivity index (χ3v) is 5.83. The average molecular weight is 433 g/mol. The molecule has 1 aliphatic heterocycles. The van der Waals surface area contributed by atoms with Gasteiger partial charge in [-0.2, -0.15) is 0 Å². The molecule has 24 heavy (non-hydrogen) atoms. The molecule has 0 spiro atoms. The van der Waals surface area contributed by atoms with Gasteiger partial charge in [-0.15, -0.1) is 0 Å². The lowest BCUT2D eigenvalue weighted by Crippen LogP contribution is -2.43. The van der Waals surface area contributed by atoms with Crippen LogP contribution >= 0.6 is 39.1 Å². The van der Waals surface area contributed by atoms with E-state index in [-0.39, 0.29) is 6.04 Å². The van der Waals surface area contributed by atoms with Gasteiger partial charge in [0.1, 0.15) is 0 Å². The van der Waals surface area contributed by atoms with Gasteiger partial charge in [0, 0.05) is 53.3 Å². The summed E-state index contributed by atoms with van der Waals surface area (Å²) in [6, 6.07) is 2.06. The molecule has 2 N–H and O–H groups in total. The highest BCUT2D eigenvalue weighted by Crippen LogP contribution is 2.37. The van der Waals surface area contributed by atoms with Crippen LogP contribution in [0.15, 0.2) is 22.9 Å². The van der Waals surface area contributed by atoms with E-state index < -0.39 is 6.09 Å². The van der Waals surface area contributed by atoms with Crippen molar-refractivity contribution in [2.75, 3.05) is 13.1 Å². The van der Waals surface area contributed by atoms with Crippen LogP contribution in [-0.4, -0.2) is 40.2 Å². The number of amides is 1. The maximum Gasteiger partial charge on any atom is 0.404 e. The summed E-state index contributed by atoms with van der Waals surface area (Å²) in [4.78, 5) is 17.1. The number of rotatable bonds is 3. The SMILES string of the molecule is O=C(O)NC1CCN(Cc2cc3c(Br)cncc3c(Cl)c2Cl)CC1. The molecule has 1 aromatic heterocycles. The Morgan fingerprint density at radius 1 is 1.29 bits per heavy atom. The van der Waals surface area contributed by atoms with E-state index in [9.17, 15) is 4.79 Å². The smallest absolute Gasteiger partial charge is 0.404 e. The van der Waals surface area contributed by atoms with E-state index in [0.29, 0.717) is 16.6 Å². The molecule has 5 nitrogen and oxygen atoms in total. The Hall–Kier alpha value is -1.08. The lowest BCUT2D eigenvalue weighted by molar-refractivity contribution is 0.165. The van der Waals surface area contributed by atoms with Crippen molar-refractivity contribution in [2.45, 2.75) is 25.4 Å². The molecule has 0 radical (unpaired) electrons. The molecule has 0 saturated carbocycles. The first-order valence-corrected chi connectivity index (χ1v) is 9.12. The average Bonchev–Trinajstić information content (AvgIpc) is 2.54. The molecule has 8 heteroatoms. The van der Waals surface area contributed by atoms with Crippen molar-refractivity contribution in [3.8, 4) is 0 Å². The van der Waals surface area contributed by atoms with Gasteiger partial charge in [-0.25, -0.2) is 4.79 Å². The zero-order valence-electron chi connectivity index (χ0n) is 12.7. The molecule has 1 saturated heterocycles. The van der Waals surface area contributed by atoms with E-state index in [1.54, 1.807) is 12.4 Å². The second kappa shape index (κ2) is 7.44. The molecule has 2 heterocycles. The van der Waals surface area contributed by atoms with Gasteiger partial charge in [-0.3, -0.25) is 9.88 Å². The van der Waals surface area contributed by atoms with Crippen LogP contribution < -0.4 is 5.32 Å². The van der Waals surface area contributed by atoms with Gasteiger partial charge < -0.3 is 10.4 Å². The third-order valence-electron chi connectivity index (χ3n) is 4.28. The zero-order valence-corrected chi connectivity index (χ0v) is 15.8. The number of likely N-dealkylation sites (tertiary alicyclic amines) is 1. The zero-order chi connectivity index (χ0) is 17.3. The molecule has 0 unspecified atom stereocenters. The Labute approximate surface area is 158 Å². The van der Waals surface area contributed by atoms with E-state index in [1.165, 1.54) is 0 Å². The molecule has 1 amide bonds. The Balaban J connectivity index is 1.78. The highest BCUT2D eigenvalue weighted by Gasteiger charge is 2.22. The number of nitrogens with one attached hydrogen (secondary N) is 1. The van der Waals surface area contributed by atoms with Crippen molar-refractivity contribution in [2.24, 2.45) is 0 Å². The van der Waals surface area contributed by atoms with Gasteiger partial charge in [-0.1, -0.05) is 23.2 Å². The fourth-order valence-electron chi connectivity index (χ4n) is 3.03. The Kier molecular flexibility index (Phi) is 5.49. The van der Waals surface area contributed by atoms with Gasteiger partial charge >= 0.3 is 6.09 Å². The number of hydrogen-bond donors (Lipinski definition) is 2. The summed E-state index contributed by atoms with van der Waals surface area (Å²) in [7, 11) is 0. The van der Waals surface area contributed by atoms with E-state index in [1.807, 2.05) is 6.07 Å². The number of hydrogen-bond acceptors (Lipinski definition) is 3. The summed E-state index contributed by atoms with van der Waals surface area (Å²) in [5.74, 6) is 0. The second-order valence-electron chi connectivity index (χ2n) is 5.88. The monoisotopic (exact) mass is 431 g/mol. The van der Waals surface area contributed by atoms with Crippen LogP contribution in [0.5, 0.6) is 0 Å². The minimum atomic E-state index is -0.962. The number of carbonyl (C=O) groups is 1. The number of benzene rings is 1. The van der Waals surface area contributed by atoms with Gasteiger partial charge in [0.15, 0.2) is 0 Å². The first-order valence-electron chi connectivity index (χ1n) is 7.57. The Morgan fingerprint density at radius 3 is 2.67 bits per heavy atom. The van der Waals surface area contributed by atoms with Crippen LogP contribution in [0.2, 0.25) is 10.0 Å². The van der Waals surface area contributed by atoms with Gasteiger partial charge in [-0.05, 0) is 40.4 Å². The van der Waals surface area contributed by atoms with Crippen molar-refractivity contribution in [1.82, 2.24) is 15.2 Å². The fraction of sp³-hybridized carbons (Fsp3) is 0.375. The summed E-state index contributed by atoms with van der Waals surface area (Å²) in [5, 5.41) is 14.2. The second-order valence-corrected chi connectivity index (χ2v) is 7.49. The maximum absolute atomic E-state index is 10.7. The molecular weight excluding hydrogens is 417 g/mol. The fourth-order valence-corrected chi connectivity index (χ4v) is 3.96. The largest absolute Gasteiger partial charge is 0.465 e. The lowest BCUT2D eigenvalue weighted by Gasteiger charge is -2.32. The molecule has 0 atom stereocenters. The van der Waals surface area contributed by atoms with Crippen LogP contribution in [0.4, 0.5) is 4.79 Å². The summed E-state index contributed by atoms with van der Waals surface area (Å²) in [6.45, 7) is 2.31. The lowest BCUT2D eigenvalue weighted by atomic mass is 10.0. The normalized spacial score (nSPS) is 16.5. The number of fused-ring (bicyclic) bond motifs is 1. The molecule has 0 bridgehead atoms. The van der Waals surface area contributed by atoms with Crippen LogP contribution in [0.3, 0.4) is 0 Å². The highest BCUT2D eigenvalue weighted by atomic mass is 79.9. The summed E-state index contributed by atoms with van der Waals surface area (Å²) in [5.41, 5.74) is 0.964. The third kappa shape index (κ3) is 3.77. The number of pyridine rings is 1. The number of carboxylic acid groups (broad SMARTS) is 1. The van der Waals surface area contributed by atoms with Crippen molar-refractivity contribution in [3.63, 3.8) is 0 Å². The Morgan fingerprint density at radius 2 is 2.00 bits per heavy atom. The molecule has 1 aromatic carbocycles. The summed E-state index contributed by atoms with van der Waals surface area (Å²) < 4.78 is 0.879. The first kappa shape index (κ1) is 17.7. The van der Waals surface area contributed by atoms with Crippen molar-refractivity contribution < 1.29 is 9.90 Å². The summed E-state index contributed by atoms with van der Waals surface area (Å²) >= 11 is 16.4. The standard InChI is InChI=1S/C16H16BrCl2N3O2/c17-13-7-20-6-12-11(13)5-9(14(18)15(12)19)8-22-3-1-10(2-4-22)21-16(23)24/h5-7,10,21H,1-4,8H2,(H,23,24). The van der Waals surface area contributed by atoms with Crippen molar-refractivity contribution in [3.05, 3.63) is 38.5 Å². The predicted octanol–water partition coefficient (Wildman–Crippen LogP) is 4.54. The summed E-state index contributed by atoms with van der Waals surface area (Å²) in [6.07, 6.45) is 4.06. The first-order chi connectivity index (χ1) is 11.5. The van der Waals surface area contributed by atoms with E-state index in [2.05, 4.69) is 31.1 Å². The van der Waals surface area contributed by atoms with E-state index >= 15 is 0 Å². The van der Waals surface area contributed by atoms with Crippen LogP contribution in [0.25, 0.3) is 10.8 Å². The number of nitrogens with zero attached hydrogens (tertiary/aromatic N) is 2. The van der Waals surface area contributed by atoms with E-state index in [4.69, 9.17) is 28.3 Å². The molecule has 3 rings (SSSR count). The van der Waals surface area contributed by atoms with Crippen LogP contribution in [-0.2, 0) is 6.54 Å². The molecule has 1 fully saturated rings. The van der Waals surface area contributed by atoms with Crippen molar-refractivity contribution >= 4 is 56.0 Å². The minimum Gasteiger partial charge on any atom is -0.465 e. The van der Waals surface area contributed by atoms with Gasteiger partial charge in [0.2, 0.25) is 0 Å². The van der Waals surface area contributed by atoms with E-state index in [0.717, 1.165) is 46.7 Å². The molecule has 1 aliphatic rings. The molecular formula is C16H16BrCl2N3O2.